The number of ether oxygens (including phenoxy) is 1. The number of amides is 1. The maximum absolute atomic E-state index is 13.5. The van der Waals surface area contributed by atoms with Gasteiger partial charge in [0.05, 0.1) is 12.2 Å². The SMILES string of the molecule is CCCCCCOc1ccc2ccccc2c1C1Nc2ccccc2C(=O)N1CCCC. The highest BCUT2D eigenvalue weighted by atomic mass is 16.5. The number of carbonyl (C=O) groups excluding carboxylic acids is 1. The number of hydrogen-bond donors (Lipinski definition) is 1. The number of unbranched alkanes of at least 4 members (excludes halogenated alkanes) is 4. The Morgan fingerprint density at radius 3 is 2.50 bits per heavy atom. The summed E-state index contributed by atoms with van der Waals surface area (Å²) in [5.74, 6) is 0.950. The molecule has 1 aliphatic rings. The molecular formula is C28H34N2O2. The van der Waals surface area contributed by atoms with Gasteiger partial charge in [-0.15, -0.1) is 0 Å². The lowest BCUT2D eigenvalue weighted by molar-refractivity contribution is 0.0679. The van der Waals surface area contributed by atoms with Gasteiger partial charge in [-0.25, -0.2) is 0 Å². The van der Waals surface area contributed by atoms with E-state index in [4.69, 9.17) is 4.74 Å². The standard InChI is InChI=1S/C28H34N2O2/c1-3-5-7-12-20-32-25-18-17-21-13-8-9-14-22(21)26(25)27-29-24-16-11-10-15-23(24)28(31)30(27)19-6-4-2/h8-11,13-18,27,29H,3-7,12,19-20H2,1-2H3. The van der Waals surface area contributed by atoms with Crippen LogP contribution in [0.1, 0.15) is 74.5 Å². The van der Waals surface area contributed by atoms with E-state index in [1.807, 2.05) is 29.2 Å². The van der Waals surface area contributed by atoms with E-state index in [0.29, 0.717) is 13.2 Å². The van der Waals surface area contributed by atoms with E-state index in [1.54, 1.807) is 0 Å². The molecule has 0 saturated carbocycles. The van der Waals surface area contributed by atoms with E-state index in [2.05, 4.69) is 55.6 Å². The number of anilines is 1. The van der Waals surface area contributed by atoms with Crippen molar-refractivity contribution in [2.45, 2.75) is 58.5 Å². The molecule has 1 amide bonds. The molecule has 0 aliphatic carbocycles. The lowest BCUT2D eigenvalue weighted by atomic mass is 9.97. The van der Waals surface area contributed by atoms with Crippen LogP contribution < -0.4 is 10.1 Å². The van der Waals surface area contributed by atoms with Crippen LogP contribution in [0.3, 0.4) is 0 Å². The van der Waals surface area contributed by atoms with Crippen LogP contribution in [-0.4, -0.2) is 24.0 Å². The fourth-order valence-electron chi connectivity index (χ4n) is 4.47. The first-order chi connectivity index (χ1) is 15.7. The van der Waals surface area contributed by atoms with Gasteiger partial charge in [-0.2, -0.15) is 0 Å². The maximum Gasteiger partial charge on any atom is 0.257 e. The molecule has 4 rings (SSSR count). The molecular weight excluding hydrogens is 396 g/mol. The Kier molecular flexibility index (Phi) is 7.31. The van der Waals surface area contributed by atoms with E-state index in [1.165, 1.54) is 19.3 Å². The van der Waals surface area contributed by atoms with Gasteiger partial charge in [-0.05, 0) is 41.8 Å². The number of rotatable bonds is 10. The van der Waals surface area contributed by atoms with Crippen molar-refractivity contribution in [3.63, 3.8) is 0 Å². The number of hydrogen-bond acceptors (Lipinski definition) is 3. The molecule has 0 radical (unpaired) electrons. The zero-order valence-electron chi connectivity index (χ0n) is 19.3. The molecule has 3 aromatic rings. The minimum absolute atomic E-state index is 0.0830. The lowest BCUT2D eigenvalue weighted by Gasteiger charge is -2.39. The average molecular weight is 431 g/mol. The Morgan fingerprint density at radius 1 is 0.875 bits per heavy atom. The van der Waals surface area contributed by atoms with Crippen LogP contribution in [0.2, 0.25) is 0 Å². The van der Waals surface area contributed by atoms with Gasteiger partial charge in [0.25, 0.3) is 5.91 Å². The van der Waals surface area contributed by atoms with Crippen molar-refractivity contribution in [3.8, 4) is 5.75 Å². The van der Waals surface area contributed by atoms with Gasteiger partial charge >= 0.3 is 0 Å². The lowest BCUT2D eigenvalue weighted by Crippen LogP contribution is -2.43. The fourth-order valence-corrected chi connectivity index (χ4v) is 4.47. The van der Waals surface area contributed by atoms with Crippen LogP contribution in [0.4, 0.5) is 5.69 Å². The Hall–Kier alpha value is -3.01. The molecule has 1 N–H and O–H groups in total. The van der Waals surface area contributed by atoms with E-state index in [9.17, 15) is 4.79 Å². The summed E-state index contributed by atoms with van der Waals surface area (Å²) in [6, 6.07) is 20.4. The Balaban J connectivity index is 1.76. The Morgan fingerprint density at radius 2 is 1.66 bits per heavy atom. The first-order valence-corrected chi connectivity index (χ1v) is 12.1. The number of fused-ring (bicyclic) bond motifs is 2. The molecule has 168 valence electrons. The minimum atomic E-state index is -0.263. The molecule has 4 nitrogen and oxygen atoms in total. The van der Waals surface area contributed by atoms with Gasteiger partial charge in [0.2, 0.25) is 0 Å². The zero-order chi connectivity index (χ0) is 22.3. The van der Waals surface area contributed by atoms with Crippen molar-refractivity contribution in [1.82, 2.24) is 4.90 Å². The molecule has 0 aromatic heterocycles. The summed E-state index contributed by atoms with van der Waals surface area (Å²) in [5.41, 5.74) is 2.68. The summed E-state index contributed by atoms with van der Waals surface area (Å²) in [6.45, 7) is 5.78. The molecule has 0 bridgehead atoms. The first-order valence-electron chi connectivity index (χ1n) is 12.1. The van der Waals surface area contributed by atoms with Crippen molar-refractivity contribution >= 4 is 22.4 Å². The van der Waals surface area contributed by atoms with Crippen LogP contribution in [0.5, 0.6) is 5.75 Å². The van der Waals surface area contributed by atoms with Gasteiger partial charge in [-0.1, -0.05) is 82.0 Å². The summed E-state index contributed by atoms with van der Waals surface area (Å²) in [5, 5.41) is 5.96. The van der Waals surface area contributed by atoms with Crippen LogP contribution in [0.25, 0.3) is 10.8 Å². The van der Waals surface area contributed by atoms with Crippen LogP contribution in [0.15, 0.2) is 60.7 Å². The Bertz CT molecular complexity index is 1060. The predicted molar refractivity (Wildman–Crippen MR) is 132 cm³/mol. The monoisotopic (exact) mass is 430 g/mol. The van der Waals surface area contributed by atoms with Crippen molar-refractivity contribution < 1.29 is 9.53 Å². The second-order valence-corrected chi connectivity index (χ2v) is 8.55. The quantitative estimate of drug-likeness (QED) is 0.347. The summed E-state index contributed by atoms with van der Waals surface area (Å²) in [4.78, 5) is 15.5. The molecule has 1 aliphatic heterocycles. The second kappa shape index (κ2) is 10.5. The highest BCUT2D eigenvalue weighted by molar-refractivity contribution is 6.02. The second-order valence-electron chi connectivity index (χ2n) is 8.55. The molecule has 32 heavy (non-hydrogen) atoms. The topological polar surface area (TPSA) is 41.6 Å². The molecule has 0 fully saturated rings. The molecule has 4 heteroatoms. The van der Waals surface area contributed by atoms with Gasteiger partial charge < -0.3 is 15.0 Å². The summed E-state index contributed by atoms with van der Waals surface area (Å²) < 4.78 is 6.34. The van der Waals surface area contributed by atoms with Crippen molar-refractivity contribution in [3.05, 3.63) is 71.8 Å². The smallest absolute Gasteiger partial charge is 0.257 e. The number of nitrogens with one attached hydrogen (secondary N) is 1. The highest BCUT2D eigenvalue weighted by Gasteiger charge is 2.35. The summed E-state index contributed by atoms with van der Waals surface area (Å²) in [7, 11) is 0. The van der Waals surface area contributed by atoms with Crippen molar-refractivity contribution in [2.75, 3.05) is 18.5 Å². The van der Waals surface area contributed by atoms with E-state index in [-0.39, 0.29) is 12.1 Å². The van der Waals surface area contributed by atoms with Crippen LogP contribution >= 0.6 is 0 Å². The molecule has 1 unspecified atom stereocenters. The molecule has 1 atom stereocenters. The highest BCUT2D eigenvalue weighted by Crippen LogP contribution is 2.40. The molecule has 0 spiro atoms. The van der Waals surface area contributed by atoms with Crippen LogP contribution in [-0.2, 0) is 0 Å². The number of para-hydroxylation sites is 1. The number of nitrogens with zero attached hydrogens (tertiary/aromatic N) is 1. The van der Waals surface area contributed by atoms with Crippen LogP contribution in [0, 0.1) is 0 Å². The van der Waals surface area contributed by atoms with Crippen molar-refractivity contribution in [2.24, 2.45) is 0 Å². The molecule has 1 heterocycles. The number of benzene rings is 3. The normalized spacial score (nSPS) is 15.5. The third-order valence-electron chi connectivity index (χ3n) is 6.23. The van der Waals surface area contributed by atoms with Gasteiger partial charge in [0.15, 0.2) is 0 Å². The first kappa shape index (κ1) is 22.2. The third-order valence-corrected chi connectivity index (χ3v) is 6.23. The van der Waals surface area contributed by atoms with E-state index < -0.39 is 0 Å². The predicted octanol–water partition coefficient (Wildman–Crippen LogP) is 7.17. The largest absolute Gasteiger partial charge is 0.493 e. The fraction of sp³-hybridized carbons (Fsp3) is 0.393. The van der Waals surface area contributed by atoms with Gasteiger partial charge in [-0.3, -0.25) is 4.79 Å². The van der Waals surface area contributed by atoms with Gasteiger partial charge in [0.1, 0.15) is 11.9 Å². The van der Waals surface area contributed by atoms with E-state index in [0.717, 1.165) is 52.6 Å². The maximum atomic E-state index is 13.5. The molecule has 0 saturated heterocycles. The molecule has 3 aromatic carbocycles. The Labute approximate surface area is 191 Å². The third kappa shape index (κ3) is 4.59. The zero-order valence-corrected chi connectivity index (χ0v) is 19.3. The van der Waals surface area contributed by atoms with E-state index >= 15 is 0 Å². The minimum Gasteiger partial charge on any atom is -0.493 e. The summed E-state index contributed by atoms with van der Waals surface area (Å²) >= 11 is 0. The average Bonchev–Trinajstić information content (AvgIpc) is 2.83. The van der Waals surface area contributed by atoms with Gasteiger partial charge in [0, 0.05) is 17.8 Å². The number of carbonyl (C=O) groups is 1. The summed E-state index contributed by atoms with van der Waals surface area (Å²) in [6.07, 6.45) is 6.39. The van der Waals surface area contributed by atoms with Crippen molar-refractivity contribution in [1.29, 1.82) is 0 Å².